The number of carbonyl (C=O) groups excluding carboxylic acids is 2. The number of rotatable bonds is 3. The van der Waals surface area contributed by atoms with Gasteiger partial charge in [-0.25, -0.2) is 4.98 Å². The second kappa shape index (κ2) is 6.29. The van der Waals surface area contributed by atoms with Crippen molar-refractivity contribution in [1.82, 2.24) is 30.0 Å². The van der Waals surface area contributed by atoms with Crippen molar-refractivity contribution in [3.05, 3.63) is 47.5 Å². The van der Waals surface area contributed by atoms with Gasteiger partial charge < -0.3 is 15.2 Å². The summed E-state index contributed by atoms with van der Waals surface area (Å²) in [5, 5.41) is 7.20. The third-order valence-electron chi connectivity index (χ3n) is 4.40. The van der Waals surface area contributed by atoms with Gasteiger partial charge in [-0.2, -0.15) is 5.10 Å². The number of nitrogens with one attached hydrogen (secondary N) is 2. The molecule has 0 fully saturated rings. The highest BCUT2D eigenvalue weighted by atomic mass is 16.2. The summed E-state index contributed by atoms with van der Waals surface area (Å²) < 4.78 is 1.80. The highest BCUT2D eigenvalue weighted by Crippen LogP contribution is 2.18. The highest BCUT2D eigenvalue weighted by Gasteiger charge is 2.25. The van der Waals surface area contributed by atoms with E-state index in [0.29, 0.717) is 30.9 Å². The smallest absolute Gasteiger partial charge is 0.271 e. The molecule has 134 valence electrons. The number of fused-ring (bicyclic) bond motifs is 2. The van der Waals surface area contributed by atoms with Gasteiger partial charge in [-0.05, 0) is 38.1 Å². The van der Waals surface area contributed by atoms with E-state index in [9.17, 15) is 9.59 Å². The van der Waals surface area contributed by atoms with Gasteiger partial charge in [-0.15, -0.1) is 0 Å². The van der Waals surface area contributed by atoms with Crippen molar-refractivity contribution in [3.8, 4) is 0 Å². The molecule has 2 amide bonds. The molecule has 8 nitrogen and oxygen atoms in total. The molecule has 0 saturated heterocycles. The first-order valence-corrected chi connectivity index (χ1v) is 8.61. The van der Waals surface area contributed by atoms with Crippen molar-refractivity contribution in [2.45, 2.75) is 33.0 Å². The number of benzene rings is 1. The van der Waals surface area contributed by atoms with Crippen LogP contribution in [0.4, 0.5) is 0 Å². The fourth-order valence-electron chi connectivity index (χ4n) is 3.14. The van der Waals surface area contributed by atoms with Crippen LogP contribution in [0.5, 0.6) is 0 Å². The van der Waals surface area contributed by atoms with Crippen LogP contribution in [-0.4, -0.2) is 49.0 Å². The predicted octanol–water partition coefficient (Wildman–Crippen LogP) is 1.55. The molecule has 0 unspecified atom stereocenters. The molecule has 3 aromatic rings. The van der Waals surface area contributed by atoms with Gasteiger partial charge in [0.1, 0.15) is 0 Å². The summed E-state index contributed by atoms with van der Waals surface area (Å²) in [5.74, 6) is -0.230. The lowest BCUT2D eigenvalue weighted by Gasteiger charge is -2.27. The van der Waals surface area contributed by atoms with Crippen LogP contribution in [0, 0.1) is 0 Å². The number of hydrogen-bond donors (Lipinski definition) is 2. The first-order chi connectivity index (χ1) is 12.5. The van der Waals surface area contributed by atoms with Crippen LogP contribution in [0.2, 0.25) is 0 Å². The van der Waals surface area contributed by atoms with Crippen molar-refractivity contribution < 1.29 is 9.59 Å². The normalized spacial score (nSPS) is 13.9. The molecule has 26 heavy (non-hydrogen) atoms. The van der Waals surface area contributed by atoms with E-state index in [0.717, 1.165) is 16.7 Å². The van der Waals surface area contributed by atoms with Crippen LogP contribution in [0.3, 0.4) is 0 Å². The molecule has 0 bridgehead atoms. The van der Waals surface area contributed by atoms with Crippen molar-refractivity contribution >= 4 is 22.8 Å². The van der Waals surface area contributed by atoms with Gasteiger partial charge in [-0.1, -0.05) is 0 Å². The monoisotopic (exact) mass is 352 g/mol. The summed E-state index contributed by atoms with van der Waals surface area (Å²) in [6, 6.07) is 7.25. The van der Waals surface area contributed by atoms with E-state index >= 15 is 0 Å². The van der Waals surface area contributed by atoms with E-state index < -0.39 is 0 Å². The van der Waals surface area contributed by atoms with Crippen LogP contribution in [0.25, 0.3) is 11.0 Å². The molecule has 0 atom stereocenters. The Labute approximate surface area is 150 Å². The zero-order valence-electron chi connectivity index (χ0n) is 14.7. The minimum Gasteiger partial charge on any atom is -0.348 e. The Bertz CT molecular complexity index is 987. The van der Waals surface area contributed by atoms with Gasteiger partial charge in [0.15, 0.2) is 5.69 Å². The van der Waals surface area contributed by atoms with Crippen LogP contribution in [0.15, 0.2) is 30.6 Å². The first kappa shape index (κ1) is 16.3. The molecule has 1 aromatic carbocycles. The standard InChI is InChI=1S/C18H20N6O2/c1-11(2)21-17(25)16-8-13-9-23(5-6-24(13)22-16)18(26)12-3-4-14-15(7-12)20-10-19-14/h3-4,7-8,10-11H,5-6,9H2,1-2H3,(H,19,20)(H,21,25). The number of carbonyl (C=O) groups is 2. The van der Waals surface area contributed by atoms with Gasteiger partial charge in [0, 0.05) is 18.2 Å². The average molecular weight is 352 g/mol. The fraction of sp³-hybridized carbons (Fsp3) is 0.333. The fourth-order valence-corrected chi connectivity index (χ4v) is 3.14. The summed E-state index contributed by atoms with van der Waals surface area (Å²) in [7, 11) is 0. The molecule has 8 heteroatoms. The maximum atomic E-state index is 12.8. The van der Waals surface area contributed by atoms with E-state index in [1.54, 1.807) is 28.0 Å². The number of aromatic amines is 1. The molecular formula is C18H20N6O2. The van der Waals surface area contributed by atoms with Crippen molar-refractivity contribution in [3.63, 3.8) is 0 Å². The molecular weight excluding hydrogens is 332 g/mol. The first-order valence-electron chi connectivity index (χ1n) is 8.61. The molecule has 0 spiro atoms. The molecule has 0 aliphatic carbocycles. The Hall–Kier alpha value is -3.16. The van der Waals surface area contributed by atoms with Gasteiger partial charge in [-0.3, -0.25) is 14.3 Å². The Kier molecular flexibility index (Phi) is 3.95. The van der Waals surface area contributed by atoms with E-state index in [4.69, 9.17) is 0 Å². The Morgan fingerprint density at radius 1 is 1.23 bits per heavy atom. The van der Waals surface area contributed by atoms with Gasteiger partial charge in [0.05, 0.1) is 36.1 Å². The second-order valence-electron chi connectivity index (χ2n) is 6.73. The van der Waals surface area contributed by atoms with E-state index in [1.165, 1.54) is 0 Å². The lowest BCUT2D eigenvalue weighted by atomic mass is 10.1. The van der Waals surface area contributed by atoms with Crippen molar-refractivity contribution in [2.75, 3.05) is 6.54 Å². The maximum Gasteiger partial charge on any atom is 0.271 e. The maximum absolute atomic E-state index is 12.8. The summed E-state index contributed by atoms with van der Waals surface area (Å²) in [4.78, 5) is 33.9. The summed E-state index contributed by atoms with van der Waals surface area (Å²) in [6.07, 6.45) is 1.61. The highest BCUT2D eigenvalue weighted by molar-refractivity contribution is 5.97. The molecule has 2 N–H and O–H groups in total. The third kappa shape index (κ3) is 2.94. The lowest BCUT2D eigenvalue weighted by molar-refractivity contribution is 0.0705. The molecule has 1 aliphatic heterocycles. The second-order valence-corrected chi connectivity index (χ2v) is 6.73. The van der Waals surface area contributed by atoms with Crippen molar-refractivity contribution in [1.29, 1.82) is 0 Å². The average Bonchev–Trinajstić information content (AvgIpc) is 3.25. The van der Waals surface area contributed by atoms with Gasteiger partial charge in [0.25, 0.3) is 11.8 Å². The topological polar surface area (TPSA) is 95.9 Å². The quantitative estimate of drug-likeness (QED) is 0.748. The van der Waals surface area contributed by atoms with Crippen LogP contribution in [-0.2, 0) is 13.1 Å². The molecule has 1 aliphatic rings. The van der Waals surface area contributed by atoms with E-state index in [1.807, 2.05) is 26.0 Å². The van der Waals surface area contributed by atoms with Crippen LogP contribution in [0.1, 0.15) is 40.4 Å². The zero-order valence-corrected chi connectivity index (χ0v) is 14.7. The van der Waals surface area contributed by atoms with Crippen LogP contribution >= 0.6 is 0 Å². The van der Waals surface area contributed by atoms with Crippen molar-refractivity contribution in [2.24, 2.45) is 0 Å². The number of H-pyrrole nitrogens is 1. The minimum absolute atomic E-state index is 0.0397. The van der Waals surface area contributed by atoms with E-state index in [-0.39, 0.29) is 17.9 Å². The summed E-state index contributed by atoms with van der Waals surface area (Å²) in [6.45, 7) is 5.37. The summed E-state index contributed by atoms with van der Waals surface area (Å²) in [5.41, 5.74) is 3.54. The number of aromatic nitrogens is 4. The van der Waals surface area contributed by atoms with E-state index in [2.05, 4.69) is 20.4 Å². The lowest BCUT2D eigenvalue weighted by Crippen LogP contribution is -2.38. The predicted molar refractivity (Wildman–Crippen MR) is 95.7 cm³/mol. The molecule has 0 radical (unpaired) electrons. The molecule has 3 heterocycles. The summed E-state index contributed by atoms with van der Waals surface area (Å²) >= 11 is 0. The number of amides is 2. The zero-order chi connectivity index (χ0) is 18.3. The Balaban J connectivity index is 1.53. The van der Waals surface area contributed by atoms with Gasteiger partial charge >= 0.3 is 0 Å². The number of hydrogen-bond acceptors (Lipinski definition) is 4. The molecule has 0 saturated carbocycles. The Morgan fingerprint density at radius 2 is 2.08 bits per heavy atom. The van der Waals surface area contributed by atoms with Gasteiger partial charge in [0.2, 0.25) is 0 Å². The Morgan fingerprint density at radius 3 is 2.88 bits per heavy atom. The number of imidazole rings is 1. The SMILES string of the molecule is CC(C)NC(=O)c1cc2n(n1)CCN(C(=O)c1ccc3nc[nH]c3c1)C2. The van der Waals surface area contributed by atoms with Crippen LogP contribution < -0.4 is 5.32 Å². The molecule has 4 rings (SSSR count). The minimum atomic E-state index is -0.190. The third-order valence-corrected chi connectivity index (χ3v) is 4.40. The largest absolute Gasteiger partial charge is 0.348 e. The molecule has 2 aromatic heterocycles. The number of nitrogens with zero attached hydrogens (tertiary/aromatic N) is 4.